The third-order valence-corrected chi connectivity index (χ3v) is 2.39. The average Bonchev–Trinajstić information content (AvgIpc) is 2.91. The maximum absolute atomic E-state index is 12.3. The molecule has 1 rings (SSSR count). The molecule has 0 radical (unpaired) electrons. The second-order valence-electron chi connectivity index (χ2n) is 3.83. The number of carboxylic acid groups (broad SMARTS) is 1. The van der Waals surface area contributed by atoms with Crippen molar-refractivity contribution < 1.29 is 27.8 Å². The predicted octanol–water partition coefficient (Wildman–Crippen LogP) is 1.11. The van der Waals surface area contributed by atoms with Crippen molar-refractivity contribution in [1.82, 2.24) is 4.90 Å². The molecule has 1 unspecified atom stereocenters. The second kappa shape index (κ2) is 5.01. The number of hydrogen-bond acceptors (Lipinski definition) is 3. The van der Waals surface area contributed by atoms with E-state index in [2.05, 4.69) is 4.74 Å². The van der Waals surface area contributed by atoms with Crippen LogP contribution in [0.4, 0.5) is 13.2 Å². The molecule has 0 bridgehead atoms. The Kier molecular flexibility index (Phi) is 4.15. The number of aliphatic carboxylic acids is 1. The largest absolute Gasteiger partial charge is 0.480 e. The van der Waals surface area contributed by atoms with Gasteiger partial charge >= 0.3 is 12.1 Å². The van der Waals surface area contributed by atoms with E-state index in [1.54, 1.807) is 0 Å². The molecule has 1 N–H and O–H groups in total. The van der Waals surface area contributed by atoms with Crippen LogP contribution >= 0.6 is 0 Å². The van der Waals surface area contributed by atoms with E-state index in [0.717, 1.165) is 4.90 Å². The van der Waals surface area contributed by atoms with E-state index in [4.69, 9.17) is 5.11 Å². The lowest BCUT2D eigenvalue weighted by atomic mass is 10.2. The van der Waals surface area contributed by atoms with Crippen molar-refractivity contribution in [3.05, 3.63) is 0 Å². The summed E-state index contributed by atoms with van der Waals surface area (Å²) in [7, 11) is 1.27. The predicted molar refractivity (Wildman–Crippen MR) is 49.1 cm³/mol. The van der Waals surface area contributed by atoms with Gasteiger partial charge in [0.05, 0.1) is 13.2 Å². The Morgan fingerprint density at radius 3 is 2.44 bits per heavy atom. The fraction of sp³-hybridized carbons (Fsp3) is 0.889. The number of hydrogen-bond donors (Lipinski definition) is 1. The molecule has 0 aliphatic heterocycles. The summed E-state index contributed by atoms with van der Waals surface area (Å²) in [5.74, 6) is -1.28. The minimum Gasteiger partial charge on any atom is -0.480 e. The van der Waals surface area contributed by atoms with Crippen LogP contribution in [-0.4, -0.2) is 54.5 Å². The number of nitrogens with zero attached hydrogens (tertiary/aromatic N) is 1. The van der Waals surface area contributed by atoms with E-state index >= 15 is 0 Å². The third kappa shape index (κ3) is 3.97. The van der Waals surface area contributed by atoms with Gasteiger partial charge in [0.1, 0.15) is 6.04 Å². The lowest BCUT2D eigenvalue weighted by molar-refractivity contribution is -0.165. The highest BCUT2D eigenvalue weighted by atomic mass is 19.4. The molecule has 1 saturated carbocycles. The first-order valence-corrected chi connectivity index (χ1v) is 4.89. The van der Waals surface area contributed by atoms with E-state index in [0.29, 0.717) is 12.8 Å². The summed E-state index contributed by atoms with van der Waals surface area (Å²) in [6.45, 7) is -1.43. The van der Waals surface area contributed by atoms with Crippen LogP contribution < -0.4 is 0 Å². The van der Waals surface area contributed by atoms with E-state index in [9.17, 15) is 18.0 Å². The number of methoxy groups -OCH3 is 1. The number of halogens is 3. The highest BCUT2D eigenvalue weighted by molar-refractivity contribution is 5.73. The fourth-order valence-electron chi connectivity index (χ4n) is 1.57. The fourth-order valence-corrected chi connectivity index (χ4v) is 1.57. The Morgan fingerprint density at radius 1 is 1.56 bits per heavy atom. The van der Waals surface area contributed by atoms with Crippen molar-refractivity contribution in [3.8, 4) is 0 Å². The maximum Gasteiger partial charge on any atom is 0.401 e. The van der Waals surface area contributed by atoms with Crippen LogP contribution in [0.5, 0.6) is 0 Å². The summed E-state index contributed by atoms with van der Waals surface area (Å²) in [6.07, 6.45) is -3.16. The lowest BCUT2D eigenvalue weighted by Crippen LogP contribution is -2.49. The Morgan fingerprint density at radius 2 is 2.12 bits per heavy atom. The molecular weight excluding hydrogens is 227 g/mol. The monoisotopic (exact) mass is 241 g/mol. The Balaban J connectivity index is 2.69. The second-order valence-corrected chi connectivity index (χ2v) is 3.83. The molecule has 1 aliphatic carbocycles. The topological polar surface area (TPSA) is 49.8 Å². The molecule has 1 atom stereocenters. The SMILES string of the molecule is COCC(C(=O)O)N(CC(F)(F)F)C1CC1. The van der Waals surface area contributed by atoms with Crippen LogP contribution in [0.2, 0.25) is 0 Å². The van der Waals surface area contributed by atoms with E-state index in [1.165, 1.54) is 7.11 Å². The van der Waals surface area contributed by atoms with Gasteiger partial charge in [-0.05, 0) is 12.8 Å². The molecule has 0 saturated heterocycles. The zero-order chi connectivity index (χ0) is 12.3. The van der Waals surface area contributed by atoms with Gasteiger partial charge in [-0.3, -0.25) is 9.69 Å². The van der Waals surface area contributed by atoms with Gasteiger partial charge in [0.25, 0.3) is 0 Å². The van der Waals surface area contributed by atoms with Crippen molar-refractivity contribution >= 4 is 5.97 Å². The van der Waals surface area contributed by atoms with Gasteiger partial charge in [-0.1, -0.05) is 0 Å². The summed E-state index contributed by atoms with van der Waals surface area (Å²) in [5.41, 5.74) is 0. The number of carboxylic acids is 1. The molecule has 7 heteroatoms. The molecule has 94 valence electrons. The Bertz CT molecular complexity index is 253. The first-order chi connectivity index (χ1) is 7.35. The first-order valence-electron chi connectivity index (χ1n) is 4.89. The third-order valence-electron chi connectivity index (χ3n) is 2.39. The van der Waals surface area contributed by atoms with E-state index in [-0.39, 0.29) is 12.6 Å². The van der Waals surface area contributed by atoms with Crippen LogP contribution in [0.3, 0.4) is 0 Å². The van der Waals surface area contributed by atoms with Crippen molar-refractivity contribution in [2.75, 3.05) is 20.3 Å². The minimum absolute atomic E-state index is 0.234. The van der Waals surface area contributed by atoms with Gasteiger partial charge < -0.3 is 9.84 Å². The van der Waals surface area contributed by atoms with Gasteiger partial charge in [-0.2, -0.15) is 13.2 Å². The highest BCUT2D eigenvalue weighted by Crippen LogP contribution is 2.31. The molecule has 4 nitrogen and oxygen atoms in total. The molecule has 0 aromatic rings. The van der Waals surface area contributed by atoms with Gasteiger partial charge in [0, 0.05) is 13.2 Å². The van der Waals surface area contributed by atoms with Crippen LogP contribution in [0.15, 0.2) is 0 Å². The normalized spacial score (nSPS) is 18.8. The van der Waals surface area contributed by atoms with Crippen molar-refractivity contribution in [2.24, 2.45) is 0 Å². The molecule has 0 amide bonds. The summed E-state index contributed by atoms with van der Waals surface area (Å²) in [6, 6.07) is -1.50. The number of carbonyl (C=O) groups is 1. The van der Waals surface area contributed by atoms with Gasteiger partial charge in [0.2, 0.25) is 0 Å². The molecular formula is C9H14F3NO3. The van der Waals surface area contributed by atoms with Crippen molar-refractivity contribution in [2.45, 2.75) is 31.1 Å². The molecule has 1 aliphatic rings. The minimum atomic E-state index is -4.38. The molecule has 0 aromatic carbocycles. The smallest absolute Gasteiger partial charge is 0.401 e. The standard InChI is InChI=1S/C9H14F3NO3/c1-16-4-7(8(14)15)13(6-2-3-6)5-9(10,11)12/h6-7H,2-5H2,1H3,(H,14,15). The zero-order valence-electron chi connectivity index (χ0n) is 8.83. The summed E-state index contributed by atoms with van der Waals surface area (Å²) >= 11 is 0. The van der Waals surface area contributed by atoms with Crippen molar-refractivity contribution in [3.63, 3.8) is 0 Å². The van der Waals surface area contributed by atoms with Gasteiger partial charge in [0.15, 0.2) is 0 Å². The Hall–Kier alpha value is -0.820. The quantitative estimate of drug-likeness (QED) is 0.757. The summed E-state index contributed by atoms with van der Waals surface area (Å²) in [4.78, 5) is 11.8. The number of rotatable bonds is 6. The number of alkyl halides is 3. The van der Waals surface area contributed by atoms with Crippen LogP contribution in [0, 0.1) is 0 Å². The average molecular weight is 241 g/mol. The lowest BCUT2D eigenvalue weighted by Gasteiger charge is -2.28. The molecule has 0 aromatic heterocycles. The van der Waals surface area contributed by atoms with E-state index in [1.807, 2.05) is 0 Å². The Labute approximate surface area is 91.0 Å². The van der Waals surface area contributed by atoms with Crippen molar-refractivity contribution in [1.29, 1.82) is 0 Å². The number of ether oxygens (including phenoxy) is 1. The highest BCUT2D eigenvalue weighted by Gasteiger charge is 2.43. The summed E-state index contributed by atoms with van der Waals surface area (Å²) < 4.78 is 41.5. The van der Waals surface area contributed by atoms with Gasteiger partial charge in [-0.25, -0.2) is 0 Å². The van der Waals surface area contributed by atoms with Crippen LogP contribution in [0.1, 0.15) is 12.8 Å². The van der Waals surface area contributed by atoms with Crippen LogP contribution in [-0.2, 0) is 9.53 Å². The molecule has 16 heavy (non-hydrogen) atoms. The maximum atomic E-state index is 12.3. The zero-order valence-corrected chi connectivity index (χ0v) is 8.83. The van der Waals surface area contributed by atoms with Crippen LogP contribution in [0.25, 0.3) is 0 Å². The first kappa shape index (κ1) is 13.2. The van der Waals surface area contributed by atoms with E-state index < -0.39 is 24.7 Å². The molecule has 0 heterocycles. The summed E-state index contributed by atoms with van der Waals surface area (Å²) in [5, 5.41) is 8.86. The van der Waals surface area contributed by atoms with Gasteiger partial charge in [-0.15, -0.1) is 0 Å². The molecule has 1 fully saturated rings. The molecule has 0 spiro atoms.